The number of hydrogen-bond acceptors (Lipinski definition) is 3. The molecule has 0 aliphatic carbocycles. The van der Waals surface area contributed by atoms with E-state index >= 15 is 0 Å². The lowest BCUT2D eigenvalue weighted by atomic mass is 10.2. The summed E-state index contributed by atoms with van der Waals surface area (Å²) in [5, 5.41) is 0.343. The maximum atomic E-state index is 12.0. The van der Waals surface area contributed by atoms with Gasteiger partial charge >= 0.3 is 6.36 Å². The quantitative estimate of drug-likeness (QED) is 0.333. The van der Waals surface area contributed by atoms with Crippen LogP contribution in [0.3, 0.4) is 0 Å². The highest BCUT2D eigenvalue weighted by Gasteiger charge is 2.33. The Kier molecular flexibility index (Phi) is 4.53. The topological polar surface area (TPSA) is 39.2 Å². The van der Waals surface area contributed by atoms with Crippen molar-refractivity contribution >= 4 is 44.8 Å². The van der Waals surface area contributed by atoms with Gasteiger partial charge in [0.2, 0.25) is 0 Å². The van der Waals surface area contributed by atoms with Crippen LogP contribution in [0.2, 0.25) is 0 Å². The van der Waals surface area contributed by atoms with Crippen LogP contribution < -0.4 is 4.74 Å². The van der Waals surface area contributed by atoms with E-state index in [-0.39, 0.29) is 9.26 Å². The number of nitrogens with zero attached hydrogens (tertiary/aromatic N) is 1. The van der Waals surface area contributed by atoms with E-state index in [1.807, 2.05) is 0 Å². The van der Waals surface area contributed by atoms with Gasteiger partial charge in [-0.25, -0.2) is 4.98 Å². The summed E-state index contributed by atoms with van der Waals surface area (Å²) in [6.07, 6.45) is -4.54. The molecule has 0 amide bonds. The Morgan fingerprint density at radius 2 is 2.19 bits per heavy atom. The first kappa shape index (κ1) is 13.7. The zero-order valence-electron chi connectivity index (χ0n) is 7.52. The van der Waals surface area contributed by atoms with Gasteiger partial charge in [-0.2, -0.15) is 0 Å². The highest BCUT2D eigenvalue weighted by molar-refractivity contribution is 14.1. The van der Waals surface area contributed by atoms with Crippen LogP contribution >= 0.6 is 38.5 Å². The monoisotopic (exact) mass is 409 g/mol. The molecular formula is C8H4BrF3INO2. The smallest absolute Gasteiger partial charge is 0.402 e. The van der Waals surface area contributed by atoms with Crippen LogP contribution in [-0.2, 0) is 5.33 Å². The second-order valence-corrected chi connectivity index (χ2v) is 4.20. The van der Waals surface area contributed by atoms with Gasteiger partial charge in [0.05, 0.1) is 11.3 Å². The van der Waals surface area contributed by atoms with Gasteiger partial charge in [-0.3, -0.25) is 4.79 Å². The maximum absolute atomic E-state index is 12.0. The van der Waals surface area contributed by atoms with Crippen LogP contribution in [0.1, 0.15) is 16.1 Å². The maximum Gasteiger partial charge on any atom is 0.573 e. The predicted octanol–water partition coefficient (Wildman–Crippen LogP) is 3.29. The molecular weight excluding hydrogens is 406 g/mol. The van der Waals surface area contributed by atoms with Gasteiger partial charge in [0, 0.05) is 5.33 Å². The van der Waals surface area contributed by atoms with Gasteiger partial charge in [0.15, 0.2) is 12.0 Å². The summed E-state index contributed by atoms with van der Waals surface area (Å²) in [7, 11) is 0. The van der Waals surface area contributed by atoms with Crippen LogP contribution in [0.5, 0.6) is 5.75 Å². The third-order valence-corrected chi connectivity index (χ3v) is 2.80. The van der Waals surface area contributed by atoms with Gasteiger partial charge in [-0.1, -0.05) is 15.9 Å². The van der Waals surface area contributed by atoms with E-state index in [1.54, 1.807) is 22.6 Å². The molecule has 0 N–H and O–H groups in total. The molecule has 0 atom stereocenters. The van der Waals surface area contributed by atoms with Crippen LogP contribution in [0.15, 0.2) is 6.07 Å². The van der Waals surface area contributed by atoms with Gasteiger partial charge in [0.1, 0.15) is 3.70 Å². The SMILES string of the molecule is O=Cc1cc(CBr)nc(I)c1OC(F)(F)F. The molecule has 16 heavy (non-hydrogen) atoms. The molecule has 0 spiro atoms. The first-order valence-corrected chi connectivity index (χ1v) is 6.03. The highest BCUT2D eigenvalue weighted by Crippen LogP contribution is 2.30. The molecule has 0 aliphatic heterocycles. The van der Waals surface area contributed by atoms with Gasteiger partial charge in [-0.05, 0) is 28.7 Å². The van der Waals surface area contributed by atoms with Crippen molar-refractivity contribution in [3.05, 3.63) is 21.0 Å². The zero-order valence-corrected chi connectivity index (χ0v) is 11.3. The van der Waals surface area contributed by atoms with E-state index in [1.165, 1.54) is 6.07 Å². The molecule has 1 aromatic heterocycles. The number of aldehydes is 1. The first-order valence-electron chi connectivity index (χ1n) is 3.83. The molecule has 1 heterocycles. The van der Waals surface area contributed by atoms with Crippen molar-refractivity contribution in [2.75, 3.05) is 0 Å². The normalized spacial score (nSPS) is 11.3. The van der Waals surface area contributed by atoms with Crippen molar-refractivity contribution < 1.29 is 22.7 Å². The fourth-order valence-electron chi connectivity index (χ4n) is 0.946. The van der Waals surface area contributed by atoms with Gasteiger partial charge in [-0.15, -0.1) is 13.2 Å². The standard InChI is InChI=1S/C8H4BrF3INO2/c9-2-5-1-4(3-15)6(7(13)14-5)16-8(10,11)12/h1,3H,2H2. The number of ether oxygens (including phenoxy) is 1. The Labute approximate surface area is 111 Å². The second kappa shape index (κ2) is 5.30. The molecule has 0 radical (unpaired) electrons. The molecule has 0 bridgehead atoms. The summed E-state index contributed by atoms with van der Waals surface area (Å²) >= 11 is 4.68. The van der Waals surface area contributed by atoms with E-state index in [4.69, 9.17) is 0 Å². The van der Waals surface area contributed by atoms with E-state index in [2.05, 4.69) is 25.7 Å². The molecule has 1 rings (SSSR count). The summed E-state index contributed by atoms with van der Waals surface area (Å²) < 4.78 is 39.9. The number of carbonyl (C=O) groups excluding carboxylic acids is 1. The second-order valence-electron chi connectivity index (χ2n) is 2.62. The fourth-order valence-corrected chi connectivity index (χ4v) is 1.96. The zero-order chi connectivity index (χ0) is 12.3. The first-order chi connectivity index (χ1) is 7.37. The van der Waals surface area contributed by atoms with Crippen molar-refractivity contribution in [1.82, 2.24) is 4.98 Å². The van der Waals surface area contributed by atoms with Crippen LogP contribution in [-0.4, -0.2) is 17.6 Å². The summed E-state index contributed by atoms with van der Waals surface area (Å²) in [6.45, 7) is 0. The molecule has 1 aromatic rings. The lowest BCUT2D eigenvalue weighted by molar-refractivity contribution is -0.275. The number of rotatable bonds is 3. The molecule has 0 aromatic carbocycles. The van der Waals surface area contributed by atoms with Gasteiger partial charge in [0.25, 0.3) is 0 Å². The van der Waals surface area contributed by atoms with Crippen molar-refractivity contribution in [1.29, 1.82) is 0 Å². The molecule has 0 fully saturated rings. The van der Waals surface area contributed by atoms with Crippen molar-refractivity contribution in [2.24, 2.45) is 0 Å². The van der Waals surface area contributed by atoms with Crippen LogP contribution in [0.25, 0.3) is 0 Å². The van der Waals surface area contributed by atoms with E-state index < -0.39 is 12.1 Å². The Morgan fingerprint density at radius 3 is 2.62 bits per heavy atom. The number of halogens is 5. The Bertz CT molecular complexity index is 411. The third-order valence-electron chi connectivity index (χ3n) is 1.50. The highest BCUT2D eigenvalue weighted by atomic mass is 127. The third kappa shape index (κ3) is 3.58. The summed E-state index contributed by atoms with van der Waals surface area (Å²) in [4.78, 5) is 14.5. The predicted molar refractivity (Wildman–Crippen MR) is 61.7 cm³/mol. The number of pyridine rings is 1. The molecule has 0 aliphatic rings. The Balaban J connectivity index is 3.22. The number of carbonyl (C=O) groups is 1. The molecule has 3 nitrogen and oxygen atoms in total. The summed E-state index contributed by atoms with van der Waals surface area (Å²) in [5.74, 6) is -0.562. The number of hydrogen-bond donors (Lipinski definition) is 0. The average Bonchev–Trinajstić information content (AvgIpc) is 2.19. The van der Waals surface area contributed by atoms with E-state index in [9.17, 15) is 18.0 Å². The molecule has 0 saturated heterocycles. The molecule has 88 valence electrons. The number of alkyl halides is 4. The molecule has 8 heteroatoms. The fraction of sp³-hybridized carbons (Fsp3) is 0.250. The summed E-state index contributed by atoms with van der Waals surface area (Å²) in [5.41, 5.74) is 0.284. The van der Waals surface area contributed by atoms with Crippen molar-refractivity contribution in [3.8, 4) is 5.75 Å². The average molecular weight is 410 g/mol. The van der Waals surface area contributed by atoms with E-state index in [0.29, 0.717) is 17.3 Å². The van der Waals surface area contributed by atoms with Crippen molar-refractivity contribution in [2.45, 2.75) is 11.7 Å². The Hall–Kier alpha value is -0.380. The lowest BCUT2D eigenvalue weighted by Crippen LogP contribution is -2.19. The van der Waals surface area contributed by atoms with Gasteiger partial charge < -0.3 is 4.74 Å². The van der Waals surface area contributed by atoms with Crippen LogP contribution in [0.4, 0.5) is 13.2 Å². The lowest BCUT2D eigenvalue weighted by Gasteiger charge is -2.12. The number of aromatic nitrogens is 1. The summed E-state index contributed by atoms with van der Waals surface area (Å²) in [6, 6.07) is 1.24. The van der Waals surface area contributed by atoms with Crippen molar-refractivity contribution in [3.63, 3.8) is 0 Å². The largest absolute Gasteiger partial charge is 0.573 e. The van der Waals surface area contributed by atoms with Crippen LogP contribution in [0, 0.1) is 3.70 Å². The van der Waals surface area contributed by atoms with E-state index in [0.717, 1.165) is 0 Å². The molecule has 0 saturated carbocycles. The Morgan fingerprint density at radius 1 is 1.56 bits per heavy atom. The minimum absolute atomic E-state index is 0.00558. The minimum atomic E-state index is -4.84. The minimum Gasteiger partial charge on any atom is -0.402 e. The molecule has 0 unspecified atom stereocenters.